The van der Waals surface area contributed by atoms with Crippen molar-refractivity contribution in [2.24, 2.45) is 5.10 Å². The van der Waals surface area contributed by atoms with E-state index in [-0.39, 0.29) is 11.4 Å². The first-order valence-corrected chi connectivity index (χ1v) is 8.18. The first-order valence-electron chi connectivity index (χ1n) is 7.36. The third-order valence-electron chi connectivity index (χ3n) is 3.52. The van der Waals surface area contributed by atoms with E-state index in [1.54, 1.807) is 24.3 Å². The number of phenolic OH excluding ortho intramolecular Hbond substituents is 1. The van der Waals surface area contributed by atoms with Crippen LogP contribution in [0.25, 0.3) is 10.1 Å². The fraction of sp³-hybridized carbons (Fsp3) is 0.0588. The average molecular weight is 371 g/mol. The van der Waals surface area contributed by atoms with Gasteiger partial charge in [0.1, 0.15) is 0 Å². The fourth-order valence-corrected chi connectivity index (χ4v) is 3.18. The van der Waals surface area contributed by atoms with E-state index in [4.69, 9.17) is 4.74 Å². The van der Waals surface area contributed by atoms with E-state index in [0.717, 1.165) is 4.70 Å². The largest absolute Gasteiger partial charge is 0.504 e. The second kappa shape index (κ2) is 7.19. The maximum Gasteiger partial charge on any atom is 0.281 e. The van der Waals surface area contributed by atoms with Gasteiger partial charge in [-0.15, -0.1) is 11.3 Å². The number of nitro groups is 1. The van der Waals surface area contributed by atoms with Crippen LogP contribution in [0.4, 0.5) is 5.69 Å². The van der Waals surface area contributed by atoms with Gasteiger partial charge in [0.2, 0.25) is 0 Å². The molecule has 0 radical (unpaired) electrons. The Labute approximate surface area is 151 Å². The van der Waals surface area contributed by atoms with Crippen LogP contribution in [0.3, 0.4) is 0 Å². The number of amides is 1. The van der Waals surface area contributed by atoms with Crippen LogP contribution in [0.15, 0.2) is 47.6 Å². The Hall–Kier alpha value is -3.46. The lowest BCUT2D eigenvalue weighted by atomic mass is 10.2. The highest BCUT2D eigenvalue weighted by atomic mass is 32.1. The summed E-state index contributed by atoms with van der Waals surface area (Å²) in [6.45, 7) is 0. The number of phenols is 1. The number of non-ortho nitro benzene ring substituents is 1. The Balaban J connectivity index is 1.73. The van der Waals surface area contributed by atoms with Gasteiger partial charge in [-0.25, -0.2) is 5.43 Å². The van der Waals surface area contributed by atoms with Crippen LogP contribution in [0.5, 0.6) is 11.5 Å². The third-order valence-corrected chi connectivity index (χ3v) is 4.63. The minimum absolute atomic E-state index is 0.00746. The highest BCUT2D eigenvalue weighted by Gasteiger charge is 2.13. The summed E-state index contributed by atoms with van der Waals surface area (Å²) in [5.41, 5.74) is 3.01. The van der Waals surface area contributed by atoms with E-state index < -0.39 is 10.8 Å². The average Bonchev–Trinajstić information content (AvgIpc) is 3.06. The van der Waals surface area contributed by atoms with E-state index in [1.165, 1.54) is 42.9 Å². The van der Waals surface area contributed by atoms with Crippen molar-refractivity contribution in [1.29, 1.82) is 0 Å². The Morgan fingerprint density at radius 1 is 1.31 bits per heavy atom. The summed E-state index contributed by atoms with van der Waals surface area (Å²) in [5.74, 6) is -0.115. The number of rotatable bonds is 5. The van der Waals surface area contributed by atoms with E-state index in [1.807, 2.05) is 0 Å². The molecule has 0 saturated heterocycles. The Morgan fingerprint density at radius 2 is 2.12 bits per heavy atom. The van der Waals surface area contributed by atoms with Gasteiger partial charge in [-0.2, -0.15) is 5.10 Å². The lowest BCUT2D eigenvalue weighted by molar-refractivity contribution is -0.384. The first kappa shape index (κ1) is 17.4. The van der Waals surface area contributed by atoms with Gasteiger partial charge >= 0.3 is 0 Å². The summed E-state index contributed by atoms with van der Waals surface area (Å²) in [4.78, 5) is 22.9. The lowest BCUT2D eigenvalue weighted by Gasteiger charge is -2.03. The number of nitrogens with one attached hydrogen (secondary N) is 1. The standard InChI is InChI=1S/C17H13N3O5S/c1-25-14-6-10(2-4-13(14)21)9-18-19-17(22)16-8-11-7-12(20(23)24)3-5-15(11)26-16/h2-9,21H,1H3,(H,19,22)/b18-9-. The molecule has 132 valence electrons. The molecule has 1 amide bonds. The van der Waals surface area contributed by atoms with Crippen LogP contribution in [-0.4, -0.2) is 29.3 Å². The van der Waals surface area contributed by atoms with Crippen molar-refractivity contribution in [2.45, 2.75) is 0 Å². The number of thiophene rings is 1. The van der Waals surface area contributed by atoms with Crippen LogP contribution in [0.2, 0.25) is 0 Å². The third kappa shape index (κ3) is 3.62. The highest BCUT2D eigenvalue weighted by molar-refractivity contribution is 7.20. The molecule has 2 aromatic carbocycles. The molecule has 0 spiro atoms. The Bertz CT molecular complexity index is 1030. The number of methoxy groups -OCH3 is 1. The highest BCUT2D eigenvalue weighted by Crippen LogP contribution is 2.29. The molecule has 2 N–H and O–H groups in total. The molecule has 8 nitrogen and oxygen atoms in total. The predicted octanol–water partition coefficient (Wildman–Crippen LogP) is 3.29. The molecule has 9 heteroatoms. The number of hydrazone groups is 1. The molecular formula is C17H13N3O5S. The summed E-state index contributed by atoms with van der Waals surface area (Å²) in [6, 6.07) is 10.7. The normalized spacial score (nSPS) is 11.0. The minimum atomic E-state index is -0.479. The van der Waals surface area contributed by atoms with Gasteiger partial charge in [0.15, 0.2) is 11.5 Å². The van der Waals surface area contributed by atoms with Gasteiger partial charge in [0.05, 0.1) is 23.1 Å². The molecule has 0 unspecified atom stereocenters. The van der Waals surface area contributed by atoms with Crippen LogP contribution < -0.4 is 10.2 Å². The van der Waals surface area contributed by atoms with Crippen molar-refractivity contribution in [1.82, 2.24) is 5.43 Å². The van der Waals surface area contributed by atoms with Crippen LogP contribution >= 0.6 is 11.3 Å². The summed E-state index contributed by atoms with van der Waals surface area (Å²) in [6.07, 6.45) is 1.41. The molecule has 0 saturated carbocycles. The number of hydrogen-bond donors (Lipinski definition) is 2. The molecule has 26 heavy (non-hydrogen) atoms. The molecule has 3 rings (SSSR count). The molecule has 0 aliphatic heterocycles. The number of carbonyl (C=O) groups excluding carboxylic acids is 1. The number of hydrogen-bond acceptors (Lipinski definition) is 7. The first-order chi connectivity index (χ1) is 12.5. The monoisotopic (exact) mass is 371 g/mol. The molecule has 0 bridgehead atoms. The number of fused-ring (bicyclic) bond motifs is 1. The summed E-state index contributed by atoms with van der Waals surface area (Å²) in [7, 11) is 1.43. The van der Waals surface area contributed by atoms with Crippen LogP contribution in [0.1, 0.15) is 15.2 Å². The van der Waals surface area contributed by atoms with Gasteiger partial charge in [0.25, 0.3) is 11.6 Å². The van der Waals surface area contributed by atoms with E-state index >= 15 is 0 Å². The van der Waals surface area contributed by atoms with E-state index in [0.29, 0.717) is 21.6 Å². The number of carbonyl (C=O) groups is 1. The molecule has 0 aliphatic rings. The summed E-state index contributed by atoms with van der Waals surface area (Å²) in [5, 5.41) is 24.9. The van der Waals surface area contributed by atoms with E-state index in [9.17, 15) is 20.0 Å². The van der Waals surface area contributed by atoms with Crippen molar-refractivity contribution in [2.75, 3.05) is 7.11 Å². The zero-order chi connectivity index (χ0) is 18.7. The van der Waals surface area contributed by atoms with Gasteiger partial charge < -0.3 is 9.84 Å². The van der Waals surface area contributed by atoms with E-state index in [2.05, 4.69) is 10.5 Å². The Morgan fingerprint density at radius 3 is 2.85 bits per heavy atom. The van der Waals surface area contributed by atoms with Gasteiger partial charge in [-0.3, -0.25) is 14.9 Å². The number of ether oxygens (including phenoxy) is 1. The zero-order valence-electron chi connectivity index (χ0n) is 13.5. The SMILES string of the molecule is COc1cc(/C=N\NC(=O)c2cc3cc([N+](=O)[O-])ccc3s2)ccc1O. The molecular weight excluding hydrogens is 358 g/mol. The molecule has 1 heterocycles. The van der Waals surface area contributed by atoms with Crippen molar-refractivity contribution < 1.29 is 19.6 Å². The second-order valence-electron chi connectivity index (χ2n) is 5.22. The maximum atomic E-state index is 12.2. The number of nitrogens with zero attached hydrogens (tertiary/aromatic N) is 2. The van der Waals surface area contributed by atoms with Gasteiger partial charge in [-0.05, 0) is 35.9 Å². The smallest absolute Gasteiger partial charge is 0.281 e. The lowest BCUT2D eigenvalue weighted by Crippen LogP contribution is -2.16. The molecule has 0 fully saturated rings. The number of benzene rings is 2. The topological polar surface area (TPSA) is 114 Å². The van der Waals surface area contributed by atoms with Crippen LogP contribution in [0, 0.1) is 10.1 Å². The van der Waals surface area contributed by atoms with Crippen molar-refractivity contribution >= 4 is 39.2 Å². The number of nitro benzene ring substituents is 1. The Kier molecular flexibility index (Phi) is 4.81. The van der Waals surface area contributed by atoms with Crippen molar-refractivity contribution in [3.05, 3.63) is 63.0 Å². The van der Waals surface area contributed by atoms with Crippen molar-refractivity contribution in [3.8, 4) is 11.5 Å². The molecule has 0 atom stereocenters. The fourth-order valence-electron chi connectivity index (χ4n) is 2.25. The predicted molar refractivity (Wildman–Crippen MR) is 98.2 cm³/mol. The second-order valence-corrected chi connectivity index (χ2v) is 6.30. The molecule has 0 aliphatic carbocycles. The summed E-state index contributed by atoms with van der Waals surface area (Å²) < 4.78 is 5.77. The van der Waals surface area contributed by atoms with Gasteiger partial charge in [-0.1, -0.05) is 0 Å². The maximum absolute atomic E-state index is 12.2. The van der Waals surface area contributed by atoms with Crippen molar-refractivity contribution in [3.63, 3.8) is 0 Å². The summed E-state index contributed by atoms with van der Waals surface area (Å²) >= 11 is 1.22. The quantitative estimate of drug-likeness (QED) is 0.406. The zero-order valence-corrected chi connectivity index (χ0v) is 14.3. The molecule has 1 aromatic heterocycles. The van der Waals surface area contributed by atoms with Gasteiger partial charge in [0, 0.05) is 22.2 Å². The van der Waals surface area contributed by atoms with Crippen LogP contribution in [-0.2, 0) is 0 Å². The molecule has 3 aromatic rings. The minimum Gasteiger partial charge on any atom is -0.504 e. The number of aromatic hydroxyl groups is 1.